The number of rotatable bonds is 5. The zero-order chi connectivity index (χ0) is 24.8. The number of carbonyl (C=O) groups excluding carboxylic acids is 1. The first-order chi connectivity index (χ1) is 15.0. The van der Waals surface area contributed by atoms with Crippen LogP contribution in [0.25, 0.3) is 0 Å². The van der Waals surface area contributed by atoms with Gasteiger partial charge in [-0.25, -0.2) is 30.3 Å². The molecule has 3 aliphatic rings. The van der Waals surface area contributed by atoms with E-state index < -0.39 is 105 Å². The summed E-state index contributed by atoms with van der Waals surface area (Å²) in [6, 6.07) is -1.01. The predicted molar refractivity (Wildman–Crippen MR) is 94.3 cm³/mol. The third kappa shape index (κ3) is 3.72. The molecule has 11 nitrogen and oxygen atoms in total. The molecule has 1 N–H and O–H groups in total. The van der Waals surface area contributed by atoms with E-state index in [-0.39, 0.29) is 6.42 Å². The van der Waals surface area contributed by atoms with E-state index in [1.807, 2.05) is 0 Å². The number of halogens is 4. The Morgan fingerprint density at radius 3 is 2.06 bits per heavy atom. The van der Waals surface area contributed by atoms with E-state index in [0.29, 0.717) is 6.26 Å². The number of hydrogen-bond donors (Lipinski definition) is 1. The lowest BCUT2D eigenvalue weighted by molar-refractivity contribution is -0.142. The summed E-state index contributed by atoms with van der Waals surface area (Å²) in [7, 11) is -14.4. The standard InChI is InChI=1S/C15H13F4NO10S3/c1-31(22,23)30-11-3-2-4-10(11)20-32(24,25)13(4)5(3)15(21)29-12-6(16)8(18)14(33(26,27)28)9(19)7(12)17/h3-5,10-11,13,20H,2H2,1H3,(H,26,27,28)/p-1. The molecule has 1 aliphatic heterocycles. The highest BCUT2D eigenvalue weighted by Crippen LogP contribution is 2.56. The fourth-order valence-corrected chi connectivity index (χ4v) is 8.43. The molecule has 1 aromatic rings. The van der Waals surface area contributed by atoms with Crippen LogP contribution in [0.1, 0.15) is 6.42 Å². The first-order valence-electron chi connectivity index (χ1n) is 8.88. The van der Waals surface area contributed by atoms with Crippen LogP contribution in [0.2, 0.25) is 0 Å². The van der Waals surface area contributed by atoms with Crippen molar-refractivity contribution < 1.29 is 61.1 Å². The minimum Gasteiger partial charge on any atom is -0.744 e. The molecule has 18 heteroatoms. The lowest BCUT2D eigenvalue weighted by Gasteiger charge is -2.30. The molecule has 6 atom stereocenters. The highest BCUT2D eigenvalue weighted by Gasteiger charge is 2.70. The van der Waals surface area contributed by atoms with E-state index >= 15 is 0 Å². The van der Waals surface area contributed by atoms with Crippen molar-refractivity contribution in [2.45, 2.75) is 28.7 Å². The van der Waals surface area contributed by atoms with Gasteiger partial charge in [-0.05, 0) is 12.3 Å². The quantitative estimate of drug-likeness (QED) is 0.127. The van der Waals surface area contributed by atoms with Crippen LogP contribution >= 0.6 is 0 Å². The van der Waals surface area contributed by atoms with Crippen molar-refractivity contribution in [3.05, 3.63) is 23.3 Å². The molecule has 33 heavy (non-hydrogen) atoms. The summed E-state index contributed by atoms with van der Waals surface area (Å²) in [6.07, 6.45) is -0.746. The number of sulfonamides is 1. The van der Waals surface area contributed by atoms with E-state index in [1.165, 1.54) is 0 Å². The first kappa shape index (κ1) is 24.3. The van der Waals surface area contributed by atoms with E-state index in [0.717, 1.165) is 0 Å². The van der Waals surface area contributed by atoms with Gasteiger partial charge in [-0.3, -0.25) is 8.98 Å². The molecular weight excluding hydrogens is 526 g/mol. The van der Waals surface area contributed by atoms with Crippen molar-refractivity contribution in [2.75, 3.05) is 6.26 Å². The number of benzene rings is 1. The number of fused-ring (bicyclic) bond motifs is 1. The van der Waals surface area contributed by atoms with Crippen LogP contribution < -0.4 is 9.46 Å². The van der Waals surface area contributed by atoms with Gasteiger partial charge in [0.1, 0.15) is 15.0 Å². The second kappa shape index (κ2) is 7.32. The van der Waals surface area contributed by atoms with Gasteiger partial charge < -0.3 is 9.29 Å². The molecule has 184 valence electrons. The maximum absolute atomic E-state index is 14.2. The predicted octanol–water partition coefficient (Wildman–Crippen LogP) is -0.667. The number of esters is 1. The average molecular weight is 538 g/mol. The molecule has 0 radical (unpaired) electrons. The van der Waals surface area contributed by atoms with Gasteiger partial charge >= 0.3 is 5.97 Å². The van der Waals surface area contributed by atoms with Gasteiger partial charge in [-0.1, -0.05) is 0 Å². The normalized spacial score (nSPS) is 32.3. The van der Waals surface area contributed by atoms with Gasteiger partial charge in [0, 0.05) is 5.92 Å². The van der Waals surface area contributed by atoms with Crippen molar-refractivity contribution >= 4 is 36.2 Å². The lowest BCUT2D eigenvalue weighted by atomic mass is 9.84. The van der Waals surface area contributed by atoms with Crippen LogP contribution in [0.5, 0.6) is 5.75 Å². The smallest absolute Gasteiger partial charge is 0.316 e. The molecule has 1 saturated heterocycles. The van der Waals surface area contributed by atoms with Crippen LogP contribution in [0.4, 0.5) is 17.6 Å². The summed E-state index contributed by atoms with van der Waals surface area (Å²) in [5.41, 5.74) is 0. The summed E-state index contributed by atoms with van der Waals surface area (Å²) in [5, 5.41) is -1.51. The van der Waals surface area contributed by atoms with E-state index in [2.05, 4.69) is 9.46 Å². The topological polar surface area (TPSA) is 173 Å². The number of nitrogens with one attached hydrogen (secondary N) is 1. The SMILES string of the molecule is CS(=O)(=O)OC1C2CC3C1NS(=O)(=O)C3C2C(=O)Oc1c(F)c(F)c(S(=O)(=O)[O-])c(F)c1F. The largest absolute Gasteiger partial charge is 0.744 e. The summed E-state index contributed by atoms with van der Waals surface area (Å²) in [4.78, 5) is 10.3. The van der Waals surface area contributed by atoms with Crippen molar-refractivity contribution in [3.63, 3.8) is 0 Å². The van der Waals surface area contributed by atoms with Gasteiger partial charge in [0.25, 0.3) is 10.1 Å². The van der Waals surface area contributed by atoms with Crippen LogP contribution in [-0.4, -0.2) is 59.4 Å². The average Bonchev–Trinajstić information content (AvgIpc) is 3.24. The van der Waals surface area contributed by atoms with Crippen LogP contribution in [0.15, 0.2) is 4.90 Å². The minimum absolute atomic E-state index is 0.0530. The molecule has 3 fully saturated rings. The molecule has 1 heterocycles. The van der Waals surface area contributed by atoms with Gasteiger partial charge in [0.05, 0.1) is 29.6 Å². The maximum Gasteiger partial charge on any atom is 0.316 e. The Kier molecular flexibility index (Phi) is 5.38. The Morgan fingerprint density at radius 2 is 1.58 bits per heavy atom. The highest BCUT2D eigenvalue weighted by molar-refractivity contribution is 7.90. The molecule has 2 bridgehead atoms. The van der Waals surface area contributed by atoms with Crippen LogP contribution in [-0.2, 0) is 39.2 Å². The Hall–Kier alpha value is -1.86. The number of ether oxygens (including phenoxy) is 1. The maximum atomic E-state index is 14.2. The summed E-state index contributed by atoms with van der Waals surface area (Å²) >= 11 is 0. The minimum atomic E-state index is -6.01. The summed E-state index contributed by atoms with van der Waals surface area (Å²) in [5.74, 6) is -17.8. The fourth-order valence-electron chi connectivity index (χ4n) is 4.86. The van der Waals surface area contributed by atoms with E-state index in [9.17, 15) is 52.2 Å². The summed E-state index contributed by atoms with van der Waals surface area (Å²) < 4.78 is 149. The van der Waals surface area contributed by atoms with Gasteiger partial charge in [0.15, 0.2) is 11.6 Å². The zero-order valence-corrected chi connectivity index (χ0v) is 18.4. The van der Waals surface area contributed by atoms with Gasteiger partial charge in [0.2, 0.25) is 27.4 Å². The molecule has 4 rings (SSSR count). The molecule has 0 aromatic heterocycles. The molecule has 2 aliphatic carbocycles. The zero-order valence-electron chi connectivity index (χ0n) is 16.0. The Balaban J connectivity index is 1.74. The molecular formula is C15H12F4NO10S3-. The highest BCUT2D eigenvalue weighted by atomic mass is 32.2. The third-order valence-corrected chi connectivity index (χ3v) is 9.26. The van der Waals surface area contributed by atoms with Crippen LogP contribution in [0.3, 0.4) is 0 Å². The summed E-state index contributed by atoms with van der Waals surface area (Å²) in [6.45, 7) is 0. The van der Waals surface area contributed by atoms with E-state index in [1.54, 1.807) is 0 Å². The number of carbonyl (C=O) groups is 1. The van der Waals surface area contributed by atoms with Crippen molar-refractivity contribution in [3.8, 4) is 5.75 Å². The third-order valence-electron chi connectivity index (χ3n) is 5.87. The Labute approximate surface area is 184 Å². The Morgan fingerprint density at radius 1 is 1.03 bits per heavy atom. The lowest BCUT2D eigenvalue weighted by Crippen LogP contribution is -2.47. The number of hydrogen-bond acceptors (Lipinski definition) is 10. The molecule has 0 spiro atoms. The van der Waals surface area contributed by atoms with Crippen molar-refractivity contribution in [2.24, 2.45) is 17.8 Å². The molecule has 6 unspecified atom stereocenters. The molecule has 2 saturated carbocycles. The van der Waals surface area contributed by atoms with Gasteiger partial charge in [-0.2, -0.15) is 17.2 Å². The van der Waals surface area contributed by atoms with E-state index in [4.69, 9.17) is 4.18 Å². The second-order valence-corrected chi connectivity index (χ2v) is 12.6. The first-order valence-corrected chi connectivity index (χ1v) is 13.7. The van der Waals surface area contributed by atoms with Crippen LogP contribution in [0, 0.1) is 41.0 Å². The Bertz CT molecular complexity index is 1370. The molecule has 0 amide bonds. The fraction of sp³-hybridized carbons (Fsp3) is 0.533. The monoisotopic (exact) mass is 538 g/mol. The van der Waals surface area contributed by atoms with Gasteiger partial charge in [-0.15, -0.1) is 0 Å². The molecule has 1 aromatic carbocycles. The van der Waals surface area contributed by atoms with Crippen molar-refractivity contribution in [1.82, 2.24) is 4.72 Å². The second-order valence-electron chi connectivity index (χ2n) is 7.80. The van der Waals surface area contributed by atoms with Crippen molar-refractivity contribution in [1.29, 1.82) is 0 Å².